The van der Waals surface area contributed by atoms with Crippen LogP contribution in [0.25, 0.3) is 11.3 Å². The Kier molecular flexibility index (Phi) is 5.34. The lowest BCUT2D eigenvalue weighted by atomic mass is 10.1. The second-order valence-corrected chi connectivity index (χ2v) is 7.50. The van der Waals surface area contributed by atoms with Crippen molar-refractivity contribution >= 4 is 57.0 Å². The van der Waals surface area contributed by atoms with E-state index in [1.54, 1.807) is 30.3 Å². The molecule has 28 heavy (non-hydrogen) atoms. The molecule has 2 heterocycles. The maximum absolute atomic E-state index is 12.0. The molecule has 0 spiro atoms. The van der Waals surface area contributed by atoms with Gasteiger partial charge in [0, 0.05) is 21.7 Å². The van der Waals surface area contributed by atoms with E-state index in [1.807, 2.05) is 29.6 Å². The molecule has 0 aliphatic rings. The van der Waals surface area contributed by atoms with Gasteiger partial charge in [-0.3, -0.25) is 4.79 Å². The Balaban J connectivity index is 1.46. The van der Waals surface area contributed by atoms with E-state index in [0.717, 1.165) is 11.3 Å². The van der Waals surface area contributed by atoms with Crippen LogP contribution >= 0.6 is 34.5 Å². The number of hydrogen-bond acceptors (Lipinski definition) is 5. The van der Waals surface area contributed by atoms with Gasteiger partial charge >= 0.3 is 0 Å². The van der Waals surface area contributed by atoms with Crippen molar-refractivity contribution in [3.63, 3.8) is 0 Å². The molecular formula is C20H13Cl2N3O2S. The van der Waals surface area contributed by atoms with Gasteiger partial charge in [-0.15, -0.1) is 11.3 Å². The van der Waals surface area contributed by atoms with E-state index in [4.69, 9.17) is 27.6 Å². The van der Waals surface area contributed by atoms with Crippen molar-refractivity contribution < 1.29 is 9.21 Å². The summed E-state index contributed by atoms with van der Waals surface area (Å²) in [7, 11) is 0. The first-order valence-electron chi connectivity index (χ1n) is 8.21. The first-order valence-corrected chi connectivity index (χ1v) is 9.85. The molecule has 8 heteroatoms. The summed E-state index contributed by atoms with van der Waals surface area (Å²) in [5.74, 6) is -0.0322. The molecule has 0 aliphatic heterocycles. The van der Waals surface area contributed by atoms with Crippen molar-refractivity contribution in [3.8, 4) is 11.3 Å². The molecule has 0 saturated heterocycles. The number of benzene rings is 2. The fraction of sp³-hybridized carbons (Fsp3) is 0. The number of thiazole rings is 1. The Bertz CT molecular complexity index is 1110. The first kappa shape index (κ1) is 18.6. The lowest BCUT2D eigenvalue weighted by Gasteiger charge is -2.06. The molecule has 0 atom stereocenters. The maximum atomic E-state index is 12.0. The first-order chi connectivity index (χ1) is 13.6. The highest BCUT2D eigenvalue weighted by atomic mass is 35.5. The molecule has 0 radical (unpaired) electrons. The minimum absolute atomic E-state index is 0.263. The fourth-order valence-corrected chi connectivity index (χ4v) is 3.57. The standard InChI is InChI=1S/C20H13Cl2N3O2S/c21-13-5-8-15(22)16(10-13)24-20-25-17(11-28-20)12-3-6-14(7-4-12)23-19(26)18-2-1-9-27-18/h1-11H,(H,23,26)(H,24,25). The normalized spacial score (nSPS) is 10.6. The van der Waals surface area contributed by atoms with E-state index in [1.165, 1.54) is 17.6 Å². The molecule has 0 fully saturated rings. The van der Waals surface area contributed by atoms with Crippen LogP contribution in [0, 0.1) is 0 Å². The predicted molar refractivity (Wildman–Crippen MR) is 114 cm³/mol. The highest BCUT2D eigenvalue weighted by molar-refractivity contribution is 7.14. The fourth-order valence-electron chi connectivity index (χ4n) is 2.50. The monoisotopic (exact) mass is 429 g/mol. The third kappa shape index (κ3) is 4.20. The Morgan fingerprint density at radius 2 is 1.89 bits per heavy atom. The van der Waals surface area contributed by atoms with Gasteiger partial charge in [0.25, 0.3) is 5.91 Å². The third-order valence-electron chi connectivity index (χ3n) is 3.86. The summed E-state index contributed by atoms with van der Waals surface area (Å²) in [6.07, 6.45) is 1.46. The van der Waals surface area contributed by atoms with E-state index < -0.39 is 0 Å². The molecule has 1 amide bonds. The van der Waals surface area contributed by atoms with Crippen LogP contribution in [0.3, 0.4) is 0 Å². The number of carbonyl (C=O) groups is 1. The van der Waals surface area contributed by atoms with Gasteiger partial charge in [0.15, 0.2) is 10.9 Å². The lowest BCUT2D eigenvalue weighted by Crippen LogP contribution is -2.10. The highest BCUT2D eigenvalue weighted by Gasteiger charge is 2.10. The van der Waals surface area contributed by atoms with Crippen molar-refractivity contribution in [3.05, 3.63) is 82.0 Å². The summed E-state index contributed by atoms with van der Waals surface area (Å²) >= 11 is 13.7. The Morgan fingerprint density at radius 3 is 2.64 bits per heavy atom. The largest absolute Gasteiger partial charge is 0.459 e. The molecule has 0 unspecified atom stereocenters. The van der Waals surface area contributed by atoms with Gasteiger partial charge < -0.3 is 15.1 Å². The summed E-state index contributed by atoms with van der Waals surface area (Å²) in [6.45, 7) is 0. The van der Waals surface area contributed by atoms with E-state index in [-0.39, 0.29) is 11.7 Å². The number of amides is 1. The van der Waals surface area contributed by atoms with Gasteiger partial charge in [-0.25, -0.2) is 4.98 Å². The number of nitrogens with zero attached hydrogens (tertiary/aromatic N) is 1. The molecule has 0 saturated carbocycles. The van der Waals surface area contributed by atoms with Crippen LogP contribution < -0.4 is 10.6 Å². The minimum atomic E-state index is -0.295. The van der Waals surface area contributed by atoms with Crippen LogP contribution in [0.2, 0.25) is 10.0 Å². The topological polar surface area (TPSA) is 67.2 Å². The molecule has 0 bridgehead atoms. The van der Waals surface area contributed by atoms with Crippen LogP contribution in [0.5, 0.6) is 0 Å². The van der Waals surface area contributed by atoms with Crippen molar-refractivity contribution in [2.75, 3.05) is 10.6 Å². The second-order valence-electron chi connectivity index (χ2n) is 5.80. The average Bonchev–Trinajstić information content (AvgIpc) is 3.38. The number of halogens is 2. The maximum Gasteiger partial charge on any atom is 0.291 e. The third-order valence-corrected chi connectivity index (χ3v) is 5.18. The van der Waals surface area contributed by atoms with Gasteiger partial charge in [0.2, 0.25) is 0 Å². The number of nitrogens with one attached hydrogen (secondary N) is 2. The van der Waals surface area contributed by atoms with Crippen LogP contribution in [0.15, 0.2) is 70.7 Å². The summed E-state index contributed by atoms with van der Waals surface area (Å²) in [4.78, 5) is 16.6. The lowest BCUT2D eigenvalue weighted by molar-refractivity contribution is 0.0996. The molecule has 2 aromatic carbocycles. The Hall–Kier alpha value is -2.80. The number of anilines is 3. The van der Waals surface area contributed by atoms with Crippen molar-refractivity contribution in [1.29, 1.82) is 0 Å². The number of furan rings is 1. The van der Waals surface area contributed by atoms with Crippen LogP contribution in [-0.4, -0.2) is 10.9 Å². The minimum Gasteiger partial charge on any atom is -0.459 e. The molecule has 140 valence electrons. The van der Waals surface area contributed by atoms with Crippen LogP contribution in [0.1, 0.15) is 10.6 Å². The molecular weight excluding hydrogens is 417 g/mol. The smallest absolute Gasteiger partial charge is 0.291 e. The van der Waals surface area contributed by atoms with Crippen molar-refractivity contribution in [1.82, 2.24) is 4.98 Å². The SMILES string of the molecule is O=C(Nc1ccc(-c2csc(Nc3cc(Cl)ccc3Cl)n2)cc1)c1ccco1. The van der Waals surface area contributed by atoms with E-state index >= 15 is 0 Å². The summed E-state index contributed by atoms with van der Waals surface area (Å²) in [6, 6.07) is 15.9. The zero-order valence-electron chi connectivity index (χ0n) is 14.3. The van der Waals surface area contributed by atoms with Gasteiger partial charge in [-0.2, -0.15) is 0 Å². The highest BCUT2D eigenvalue weighted by Crippen LogP contribution is 2.32. The quantitative estimate of drug-likeness (QED) is 0.370. The number of aromatic nitrogens is 1. The Morgan fingerprint density at radius 1 is 1.07 bits per heavy atom. The zero-order valence-corrected chi connectivity index (χ0v) is 16.6. The zero-order chi connectivity index (χ0) is 19.5. The van der Waals surface area contributed by atoms with Gasteiger partial charge in [0.1, 0.15) is 0 Å². The van der Waals surface area contributed by atoms with Crippen LogP contribution in [-0.2, 0) is 0 Å². The number of rotatable bonds is 5. The second kappa shape index (κ2) is 8.06. The van der Waals surface area contributed by atoms with E-state index in [9.17, 15) is 4.79 Å². The van der Waals surface area contributed by atoms with Gasteiger partial charge in [0.05, 0.1) is 22.7 Å². The Labute approximate surface area is 174 Å². The van der Waals surface area contributed by atoms with Gasteiger partial charge in [-0.05, 0) is 42.5 Å². The van der Waals surface area contributed by atoms with Crippen molar-refractivity contribution in [2.24, 2.45) is 0 Å². The summed E-state index contributed by atoms with van der Waals surface area (Å²) in [5, 5.41) is 9.77. The number of hydrogen-bond donors (Lipinski definition) is 2. The van der Waals surface area contributed by atoms with Crippen LogP contribution in [0.4, 0.5) is 16.5 Å². The molecule has 2 aromatic heterocycles. The van der Waals surface area contributed by atoms with Crippen molar-refractivity contribution in [2.45, 2.75) is 0 Å². The van der Waals surface area contributed by atoms with Gasteiger partial charge in [-0.1, -0.05) is 35.3 Å². The molecule has 4 rings (SSSR count). The average molecular weight is 430 g/mol. The van der Waals surface area contributed by atoms with E-state index in [0.29, 0.717) is 26.6 Å². The summed E-state index contributed by atoms with van der Waals surface area (Å²) in [5.41, 5.74) is 3.11. The summed E-state index contributed by atoms with van der Waals surface area (Å²) < 4.78 is 5.08. The molecule has 5 nitrogen and oxygen atoms in total. The van der Waals surface area contributed by atoms with E-state index in [2.05, 4.69) is 15.6 Å². The number of carbonyl (C=O) groups excluding carboxylic acids is 1. The molecule has 4 aromatic rings. The predicted octanol–water partition coefficient (Wildman–Crippen LogP) is 6.71. The molecule has 2 N–H and O–H groups in total. The molecule has 0 aliphatic carbocycles.